The van der Waals surface area contributed by atoms with Crippen molar-refractivity contribution in [1.82, 2.24) is 5.32 Å². The summed E-state index contributed by atoms with van der Waals surface area (Å²) in [6.45, 7) is -0.209. The van der Waals surface area contributed by atoms with Gasteiger partial charge in [0.1, 0.15) is 0 Å². The van der Waals surface area contributed by atoms with Crippen molar-refractivity contribution in [2.45, 2.75) is 18.9 Å². The van der Waals surface area contributed by atoms with E-state index in [0.717, 1.165) is 0 Å². The van der Waals surface area contributed by atoms with Crippen LogP contribution in [0.3, 0.4) is 0 Å². The van der Waals surface area contributed by atoms with Gasteiger partial charge in [0.05, 0.1) is 33.6 Å². The molecule has 0 aliphatic heterocycles. The molecule has 92 valence electrons. The van der Waals surface area contributed by atoms with Crippen molar-refractivity contribution in [3.8, 4) is 0 Å². The van der Waals surface area contributed by atoms with E-state index in [2.05, 4.69) is 14.8 Å². The summed E-state index contributed by atoms with van der Waals surface area (Å²) in [6, 6.07) is -0.657. The first-order valence-corrected chi connectivity index (χ1v) is 4.66. The number of ether oxygens (including phenoxy) is 2. The minimum absolute atomic E-state index is 0.0999. The Bertz CT molecular complexity index is 224. The number of carbonyl (C=O) groups excluding carboxylic acids is 3. The van der Waals surface area contributed by atoms with Gasteiger partial charge in [0.25, 0.3) is 0 Å². The molecule has 0 aromatic heterocycles. The van der Waals surface area contributed by atoms with Crippen molar-refractivity contribution < 1.29 is 23.9 Å². The molecule has 0 saturated heterocycles. The number of hydrogen-bond acceptors (Lipinski definition) is 6. The van der Waals surface area contributed by atoms with Crippen molar-refractivity contribution in [1.29, 1.82) is 0 Å². The predicted molar refractivity (Wildman–Crippen MR) is 54.3 cm³/mol. The van der Waals surface area contributed by atoms with Crippen molar-refractivity contribution in [2.75, 3.05) is 20.8 Å². The smallest absolute Gasteiger partial charge is 0.307 e. The molecule has 0 aromatic carbocycles. The number of methoxy groups -OCH3 is 2. The van der Waals surface area contributed by atoms with Gasteiger partial charge in [-0.25, -0.2) is 0 Å². The molecule has 0 atom stereocenters. The Morgan fingerprint density at radius 2 is 1.56 bits per heavy atom. The number of rotatable bonds is 6. The molecule has 0 aliphatic carbocycles. The number of hydrogen-bond donors (Lipinski definition) is 2. The van der Waals surface area contributed by atoms with E-state index >= 15 is 0 Å². The number of carbonyl (C=O) groups is 3. The second kappa shape index (κ2) is 7.63. The van der Waals surface area contributed by atoms with E-state index in [9.17, 15) is 14.4 Å². The Labute approximate surface area is 93.3 Å². The first-order valence-electron chi connectivity index (χ1n) is 4.66. The Morgan fingerprint density at radius 3 is 1.88 bits per heavy atom. The molecule has 7 heteroatoms. The van der Waals surface area contributed by atoms with Crippen molar-refractivity contribution in [2.24, 2.45) is 5.73 Å². The third kappa shape index (κ3) is 5.97. The Kier molecular flexibility index (Phi) is 6.86. The van der Waals surface area contributed by atoms with Crippen LogP contribution in [0.4, 0.5) is 0 Å². The molecule has 0 heterocycles. The van der Waals surface area contributed by atoms with Gasteiger partial charge in [-0.3, -0.25) is 14.4 Å². The van der Waals surface area contributed by atoms with Crippen LogP contribution in [0.15, 0.2) is 0 Å². The molecule has 1 amide bonds. The lowest BCUT2D eigenvalue weighted by Crippen LogP contribution is -2.41. The van der Waals surface area contributed by atoms with Crippen molar-refractivity contribution in [3.05, 3.63) is 0 Å². The van der Waals surface area contributed by atoms with Crippen LogP contribution in [0.5, 0.6) is 0 Å². The first-order chi connectivity index (χ1) is 7.53. The summed E-state index contributed by atoms with van der Waals surface area (Å²) in [5, 5.41) is 2.43. The van der Waals surface area contributed by atoms with Gasteiger partial charge in [-0.05, 0) is 0 Å². The number of amides is 1. The summed E-state index contributed by atoms with van der Waals surface area (Å²) in [4.78, 5) is 33.0. The molecule has 0 spiro atoms. The van der Waals surface area contributed by atoms with Crippen molar-refractivity contribution >= 4 is 17.8 Å². The molecular formula is C9H16N2O5. The van der Waals surface area contributed by atoms with Crippen LogP contribution in [0, 0.1) is 0 Å². The zero-order chi connectivity index (χ0) is 12.6. The predicted octanol–water partition coefficient (Wildman–Crippen LogP) is -1.44. The molecule has 0 aliphatic rings. The van der Waals surface area contributed by atoms with Crippen molar-refractivity contribution in [3.63, 3.8) is 0 Å². The minimum Gasteiger partial charge on any atom is -0.469 e. The lowest BCUT2D eigenvalue weighted by molar-refractivity contribution is -0.143. The highest BCUT2D eigenvalue weighted by Gasteiger charge is 2.19. The minimum atomic E-state index is -0.657. The Morgan fingerprint density at radius 1 is 1.12 bits per heavy atom. The van der Waals surface area contributed by atoms with E-state index < -0.39 is 23.9 Å². The van der Waals surface area contributed by atoms with Crippen LogP contribution in [-0.2, 0) is 23.9 Å². The monoisotopic (exact) mass is 232 g/mol. The maximum Gasteiger partial charge on any atom is 0.307 e. The van der Waals surface area contributed by atoms with E-state index in [1.54, 1.807) is 0 Å². The van der Waals surface area contributed by atoms with E-state index in [1.807, 2.05) is 0 Å². The molecule has 3 N–H and O–H groups in total. The van der Waals surface area contributed by atoms with E-state index in [0.29, 0.717) is 0 Å². The molecule has 0 rings (SSSR count). The second-order valence-electron chi connectivity index (χ2n) is 3.03. The highest BCUT2D eigenvalue weighted by Crippen LogP contribution is 2.01. The summed E-state index contributed by atoms with van der Waals surface area (Å²) in [6.07, 6.45) is -0.200. The number of nitrogens with two attached hydrogens (primary N) is 1. The van der Waals surface area contributed by atoms with Gasteiger partial charge in [-0.2, -0.15) is 0 Å². The van der Waals surface area contributed by atoms with Gasteiger partial charge < -0.3 is 20.5 Å². The maximum absolute atomic E-state index is 11.0. The molecule has 0 saturated carbocycles. The summed E-state index contributed by atoms with van der Waals surface area (Å²) in [5.74, 6) is -1.49. The average Bonchev–Trinajstić information content (AvgIpc) is 2.28. The van der Waals surface area contributed by atoms with Crippen LogP contribution in [0.25, 0.3) is 0 Å². The molecule has 7 nitrogen and oxygen atoms in total. The number of nitrogens with one attached hydrogen (secondary N) is 1. The third-order valence-electron chi connectivity index (χ3n) is 1.83. The summed E-state index contributed by atoms with van der Waals surface area (Å²) >= 11 is 0. The first kappa shape index (κ1) is 14.4. The van der Waals surface area contributed by atoms with Gasteiger partial charge in [0.2, 0.25) is 5.91 Å². The largest absolute Gasteiger partial charge is 0.469 e. The molecule has 0 bridgehead atoms. The quantitative estimate of drug-likeness (QED) is 0.543. The van der Waals surface area contributed by atoms with E-state index in [4.69, 9.17) is 5.73 Å². The average molecular weight is 232 g/mol. The Balaban J connectivity index is 4.31. The summed E-state index contributed by atoms with van der Waals surface area (Å²) < 4.78 is 8.88. The zero-order valence-corrected chi connectivity index (χ0v) is 9.32. The van der Waals surface area contributed by atoms with Crippen LogP contribution in [0.1, 0.15) is 12.8 Å². The van der Waals surface area contributed by atoms with Crippen LogP contribution < -0.4 is 11.1 Å². The standard InChI is InChI=1S/C9H16N2O5/c1-15-8(13)3-6(4-9(14)16-2)11-7(12)5-10/h6H,3-5,10H2,1-2H3,(H,11,12). The van der Waals surface area contributed by atoms with Crippen LogP contribution in [0.2, 0.25) is 0 Å². The van der Waals surface area contributed by atoms with Gasteiger partial charge in [0.15, 0.2) is 0 Å². The lowest BCUT2D eigenvalue weighted by Gasteiger charge is -2.15. The highest BCUT2D eigenvalue weighted by molar-refractivity contribution is 5.80. The third-order valence-corrected chi connectivity index (χ3v) is 1.83. The highest BCUT2D eigenvalue weighted by atomic mass is 16.5. The molecular weight excluding hydrogens is 216 g/mol. The van der Waals surface area contributed by atoms with Gasteiger partial charge in [-0.15, -0.1) is 0 Å². The van der Waals surface area contributed by atoms with E-state index in [-0.39, 0.29) is 19.4 Å². The Hall–Kier alpha value is -1.63. The normalized spacial score (nSPS) is 9.75. The van der Waals surface area contributed by atoms with E-state index in [1.165, 1.54) is 14.2 Å². The molecule has 0 unspecified atom stereocenters. The fraction of sp³-hybridized carbons (Fsp3) is 0.667. The molecule has 0 aromatic rings. The molecule has 0 radical (unpaired) electrons. The fourth-order valence-corrected chi connectivity index (χ4v) is 1.03. The van der Waals surface area contributed by atoms with Gasteiger partial charge >= 0.3 is 11.9 Å². The lowest BCUT2D eigenvalue weighted by atomic mass is 10.1. The second-order valence-corrected chi connectivity index (χ2v) is 3.03. The van der Waals surface area contributed by atoms with Crippen LogP contribution in [-0.4, -0.2) is 44.7 Å². The topological polar surface area (TPSA) is 108 Å². The number of esters is 2. The molecule has 16 heavy (non-hydrogen) atoms. The maximum atomic E-state index is 11.0. The zero-order valence-electron chi connectivity index (χ0n) is 9.32. The van der Waals surface area contributed by atoms with Gasteiger partial charge in [-0.1, -0.05) is 0 Å². The summed E-state index contributed by atoms with van der Waals surface area (Å²) in [7, 11) is 2.45. The van der Waals surface area contributed by atoms with Gasteiger partial charge in [0, 0.05) is 6.04 Å². The SMILES string of the molecule is COC(=O)CC(CC(=O)OC)NC(=O)CN. The fourth-order valence-electron chi connectivity index (χ4n) is 1.03. The summed E-state index contributed by atoms with van der Waals surface area (Å²) in [5.41, 5.74) is 5.10. The van der Waals surface area contributed by atoms with Crippen LogP contribution >= 0.6 is 0 Å². The molecule has 0 fully saturated rings.